The van der Waals surface area contributed by atoms with Gasteiger partial charge in [0.2, 0.25) is 0 Å². The van der Waals surface area contributed by atoms with Crippen LogP contribution in [0.5, 0.6) is 11.5 Å². The summed E-state index contributed by atoms with van der Waals surface area (Å²) in [7, 11) is 5.40. The van der Waals surface area contributed by atoms with Gasteiger partial charge in [-0.3, -0.25) is 0 Å². The highest BCUT2D eigenvalue weighted by molar-refractivity contribution is 5.93. The minimum Gasteiger partial charge on any atom is -0.493 e. The van der Waals surface area contributed by atoms with E-state index in [9.17, 15) is 4.79 Å². The first kappa shape index (κ1) is 16.3. The molecule has 5 nitrogen and oxygen atoms in total. The number of nitrogens with zero attached hydrogens (tertiary/aromatic N) is 1. The number of esters is 1. The van der Waals surface area contributed by atoms with Crippen molar-refractivity contribution in [3.05, 3.63) is 23.8 Å². The minimum atomic E-state index is -0.392. The predicted molar refractivity (Wildman–Crippen MR) is 77.6 cm³/mol. The molecule has 5 heteroatoms. The van der Waals surface area contributed by atoms with Gasteiger partial charge in [0, 0.05) is 6.54 Å². The molecule has 0 fully saturated rings. The summed E-state index contributed by atoms with van der Waals surface area (Å²) in [5, 5.41) is 0. The summed E-state index contributed by atoms with van der Waals surface area (Å²) in [5.74, 6) is 0.601. The largest absolute Gasteiger partial charge is 0.493 e. The Hall–Kier alpha value is -1.75. The van der Waals surface area contributed by atoms with E-state index in [1.807, 2.05) is 25.9 Å². The molecule has 0 aliphatic carbocycles. The standard InChI is InChI=1S/C15H23NO4/c1-5-10-19-14-12(7-6-8-13(14)18-4)15(17)20-11-9-16(2)3/h6-8H,5,9-11H2,1-4H3. The first-order chi connectivity index (χ1) is 9.60. The Bertz CT molecular complexity index is 432. The second-order valence-corrected chi connectivity index (χ2v) is 4.62. The van der Waals surface area contributed by atoms with Gasteiger partial charge in [0.05, 0.1) is 13.7 Å². The van der Waals surface area contributed by atoms with Gasteiger partial charge in [0.25, 0.3) is 0 Å². The van der Waals surface area contributed by atoms with Gasteiger partial charge in [-0.25, -0.2) is 4.79 Å². The Morgan fingerprint density at radius 1 is 1.25 bits per heavy atom. The third-order valence-electron chi connectivity index (χ3n) is 2.64. The number of likely N-dealkylation sites (N-methyl/N-ethyl adjacent to an activating group) is 1. The highest BCUT2D eigenvalue weighted by atomic mass is 16.5. The van der Waals surface area contributed by atoms with Crippen molar-refractivity contribution in [3.63, 3.8) is 0 Å². The number of hydrogen-bond donors (Lipinski definition) is 0. The van der Waals surface area contributed by atoms with Crippen molar-refractivity contribution in [1.29, 1.82) is 0 Å². The van der Waals surface area contributed by atoms with E-state index in [4.69, 9.17) is 14.2 Å². The van der Waals surface area contributed by atoms with E-state index in [1.54, 1.807) is 25.3 Å². The summed E-state index contributed by atoms with van der Waals surface area (Å²) < 4.78 is 16.1. The van der Waals surface area contributed by atoms with E-state index in [2.05, 4.69) is 0 Å². The van der Waals surface area contributed by atoms with Crippen molar-refractivity contribution in [2.45, 2.75) is 13.3 Å². The lowest BCUT2D eigenvalue weighted by Gasteiger charge is -2.15. The molecule has 20 heavy (non-hydrogen) atoms. The van der Waals surface area contributed by atoms with Crippen LogP contribution in [0.2, 0.25) is 0 Å². The Morgan fingerprint density at radius 2 is 2.00 bits per heavy atom. The number of benzene rings is 1. The zero-order chi connectivity index (χ0) is 15.0. The summed E-state index contributed by atoms with van der Waals surface area (Å²) >= 11 is 0. The van der Waals surface area contributed by atoms with Gasteiger partial charge in [-0.05, 0) is 32.6 Å². The third-order valence-corrected chi connectivity index (χ3v) is 2.64. The molecule has 0 aliphatic heterocycles. The zero-order valence-electron chi connectivity index (χ0n) is 12.6. The first-order valence-corrected chi connectivity index (χ1v) is 6.71. The highest BCUT2D eigenvalue weighted by Crippen LogP contribution is 2.31. The molecule has 0 N–H and O–H groups in total. The van der Waals surface area contributed by atoms with Gasteiger partial charge >= 0.3 is 5.97 Å². The van der Waals surface area contributed by atoms with E-state index in [0.717, 1.165) is 6.42 Å². The molecule has 112 valence electrons. The van der Waals surface area contributed by atoms with Crippen LogP contribution in [-0.4, -0.2) is 51.8 Å². The molecule has 0 aromatic heterocycles. The second-order valence-electron chi connectivity index (χ2n) is 4.62. The lowest BCUT2D eigenvalue weighted by atomic mass is 10.2. The van der Waals surface area contributed by atoms with E-state index >= 15 is 0 Å². The molecule has 0 radical (unpaired) electrons. The van der Waals surface area contributed by atoms with Gasteiger partial charge in [0.15, 0.2) is 11.5 Å². The van der Waals surface area contributed by atoms with Crippen LogP contribution in [-0.2, 0) is 4.74 Å². The molecule has 0 saturated carbocycles. The lowest BCUT2D eigenvalue weighted by Crippen LogP contribution is -2.20. The van der Waals surface area contributed by atoms with Crippen LogP contribution < -0.4 is 9.47 Å². The summed E-state index contributed by atoms with van der Waals surface area (Å²) in [6.45, 7) is 3.56. The molecular weight excluding hydrogens is 258 g/mol. The van der Waals surface area contributed by atoms with Crippen LogP contribution in [0.15, 0.2) is 18.2 Å². The maximum atomic E-state index is 12.1. The van der Waals surface area contributed by atoms with Gasteiger partial charge in [-0.2, -0.15) is 0 Å². The molecule has 0 amide bonds. The van der Waals surface area contributed by atoms with E-state index in [-0.39, 0.29) is 0 Å². The van der Waals surface area contributed by atoms with E-state index in [0.29, 0.717) is 36.8 Å². The van der Waals surface area contributed by atoms with Crippen molar-refractivity contribution in [1.82, 2.24) is 4.90 Å². The maximum Gasteiger partial charge on any atom is 0.342 e. The van der Waals surface area contributed by atoms with Crippen LogP contribution in [0.1, 0.15) is 23.7 Å². The molecule has 0 spiro atoms. The fourth-order valence-corrected chi connectivity index (χ4v) is 1.59. The number of rotatable bonds is 8. The van der Waals surface area contributed by atoms with Gasteiger partial charge in [0.1, 0.15) is 12.2 Å². The first-order valence-electron chi connectivity index (χ1n) is 6.71. The molecule has 0 aliphatic rings. The Kier molecular flexibility index (Phi) is 6.87. The third kappa shape index (κ3) is 4.74. The predicted octanol–water partition coefficient (Wildman–Crippen LogP) is 2.20. The van der Waals surface area contributed by atoms with Crippen LogP contribution in [0, 0.1) is 0 Å². The van der Waals surface area contributed by atoms with Crippen LogP contribution >= 0.6 is 0 Å². The maximum absolute atomic E-state index is 12.1. The molecule has 0 atom stereocenters. The second kappa shape index (κ2) is 8.43. The zero-order valence-corrected chi connectivity index (χ0v) is 12.6. The monoisotopic (exact) mass is 281 g/mol. The van der Waals surface area contributed by atoms with Crippen molar-refractivity contribution in [2.75, 3.05) is 41.0 Å². The Labute approximate surface area is 120 Å². The van der Waals surface area contributed by atoms with Crippen molar-refractivity contribution in [2.24, 2.45) is 0 Å². The Morgan fingerprint density at radius 3 is 2.60 bits per heavy atom. The fraction of sp³-hybridized carbons (Fsp3) is 0.533. The van der Waals surface area contributed by atoms with E-state index in [1.165, 1.54) is 0 Å². The number of carbonyl (C=O) groups excluding carboxylic acids is 1. The molecule has 0 saturated heterocycles. The fourth-order valence-electron chi connectivity index (χ4n) is 1.59. The smallest absolute Gasteiger partial charge is 0.342 e. The topological polar surface area (TPSA) is 48.0 Å². The molecule has 0 bridgehead atoms. The van der Waals surface area contributed by atoms with Crippen LogP contribution in [0.25, 0.3) is 0 Å². The summed E-state index contributed by atoms with van der Waals surface area (Å²) in [6.07, 6.45) is 0.854. The normalized spacial score (nSPS) is 10.4. The van der Waals surface area contributed by atoms with Crippen LogP contribution in [0.4, 0.5) is 0 Å². The Balaban J connectivity index is 2.83. The molecule has 1 rings (SSSR count). The number of hydrogen-bond acceptors (Lipinski definition) is 5. The minimum absolute atomic E-state index is 0.344. The SMILES string of the molecule is CCCOc1c(OC)cccc1C(=O)OCCN(C)C. The number of methoxy groups -OCH3 is 1. The highest BCUT2D eigenvalue weighted by Gasteiger charge is 2.18. The quantitative estimate of drug-likeness (QED) is 0.684. The van der Waals surface area contributed by atoms with Gasteiger partial charge < -0.3 is 19.1 Å². The summed E-state index contributed by atoms with van der Waals surface area (Å²) in [6, 6.07) is 5.20. The molecule has 1 aromatic rings. The molecule has 1 aromatic carbocycles. The summed E-state index contributed by atoms with van der Waals surface area (Å²) in [4.78, 5) is 14.1. The van der Waals surface area contributed by atoms with Crippen molar-refractivity contribution in [3.8, 4) is 11.5 Å². The van der Waals surface area contributed by atoms with E-state index < -0.39 is 5.97 Å². The molecule has 0 heterocycles. The number of para-hydroxylation sites is 1. The molecular formula is C15H23NO4. The lowest BCUT2D eigenvalue weighted by molar-refractivity contribution is 0.0476. The average molecular weight is 281 g/mol. The van der Waals surface area contributed by atoms with Crippen molar-refractivity contribution < 1.29 is 19.0 Å². The van der Waals surface area contributed by atoms with Crippen LogP contribution in [0.3, 0.4) is 0 Å². The average Bonchev–Trinajstić information content (AvgIpc) is 2.44. The van der Waals surface area contributed by atoms with Gasteiger partial charge in [-0.1, -0.05) is 13.0 Å². The van der Waals surface area contributed by atoms with Crippen molar-refractivity contribution >= 4 is 5.97 Å². The number of carbonyl (C=O) groups is 1. The number of ether oxygens (including phenoxy) is 3. The molecule has 0 unspecified atom stereocenters. The van der Waals surface area contributed by atoms with Gasteiger partial charge in [-0.15, -0.1) is 0 Å². The summed E-state index contributed by atoms with van der Waals surface area (Å²) in [5.41, 5.74) is 0.400.